The fraction of sp³-hybridized carbons (Fsp3) is 0.500. The lowest BCUT2D eigenvalue weighted by atomic mass is 9.86. The quantitative estimate of drug-likeness (QED) is 0.810. The van der Waals surface area contributed by atoms with Gasteiger partial charge in [-0.05, 0) is 30.5 Å². The number of hydrogen-bond donors (Lipinski definition) is 2. The predicted octanol–water partition coefficient (Wildman–Crippen LogP) is 3.45. The topological polar surface area (TPSA) is 46.2 Å². The first kappa shape index (κ1) is 14.6. The Morgan fingerprint density at radius 1 is 1.26 bits per heavy atom. The fourth-order valence-electron chi connectivity index (χ4n) is 2.48. The van der Waals surface area contributed by atoms with Crippen LogP contribution in [0, 0.1) is 0 Å². The van der Waals surface area contributed by atoms with Crippen LogP contribution in [0.1, 0.15) is 37.7 Å². The van der Waals surface area contributed by atoms with E-state index in [1.54, 1.807) is 11.8 Å². The van der Waals surface area contributed by atoms with Crippen LogP contribution < -0.4 is 5.73 Å². The zero-order chi connectivity index (χ0) is 13.6. The van der Waals surface area contributed by atoms with Crippen LogP contribution in [-0.2, 0) is 0 Å². The molecule has 2 rings (SSSR count). The van der Waals surface area contributed by atoms with Crippen molar-refractivity contribution in [1.82, 2.24) is 0 Å². The highest BCUT2D eigenvalue weighted by Gasteiger charge is 2.28. The van der Waals surface area contributed by atoms with E-state index in [4.69, 9.17) is 5.73 Å². The minimum absolute atomic E-state index is 0.452. The van der Waals surface area contributed by atoms with Gasteiger partial charge in [-0.2, -0.15) is 0 Å². The van der Waals surface area contributed by atoms with E-state index in [0.717, 1.165) is 31.4 Å². The molecule has 0 amide bonds. The van der Waals surface area contributed by atoms with Gasteiger partial charge in [-0.25, -0.2) is 0 Å². The number of rotatable bonds is 5. The van der Waals surface area contributed by atoms with E-state index in [1.165, 1.54) is 16.9 Å². The van der Waals surface area contributed by atoms with Crippen LogP contribution in [-0.4, -0.2) is 23.0 Å². The maximum absolute atomic E-state index is 10.5. The van der Waals surface area contributed by atoms with Gasteiger partial charge in [0.2, 0.25) is 0 Å². The van der Waals surface area contributed by atoms with Crippen molar-refractivity contribution in [1.29, 1.82) is 0 Å². The van der Waals surface area contributed by atoms with E-state index in [0.29, 0.717) is 6.54 Å². The van der Waals surface area contributed by atoms with Gasteiger partial charge in [0.15, 0.2) is 0 Å². The number of aliphatic hydroxyl groups is 1. The first-order valence-corrected chi connectivity index (χ1v) is 8.02. The molecule has 0 spiro atoms. The van der Waals surface area contributed by atoms with E-state index in [1.807, 2.05) is 12.2 Å². The van der Waals surface area contributed by atoms with Gasteiger partial charge in [0.05, 0.1) is 5.60 Å². The number of benzene rings is 1. The maximum Gasteiger partial charge on any atom is 0.0741 e. The summed E-state index contributed by atoms with van der Waals surface area (Å²) in [6.45, 7) is 0.567. The summed E-state index contributed by atoms with van der Waals surface area (Å²) >= 11 is 1.76. The third-order valence-electron chi connectivity index (χ3n) is 3.60. The molecule has 19 heavy (non-hydrogen) atoms. The van der Waals surface area contributed by atoms with Crippen molar-refractivity contribution in [2.75, 3.05) is 12.3 Å². The van der Waals surface area contributed by atoms with Gasteiger partial charge < -0.3 is 10.8 Å². The van der Waals surface area contributed by atoms with Crippen molar-refractivity contribution in [3.63, 3.8) is 0 Å². The van der Waals surface area contributed by atoms with Crippen LogP contribution >= 0.6 is 11.8 Å². The van der Waals surface area contributed by atoms with Crippen LogP contribution in [0.5, 0.6) is 0 Å². The van der Waals surface area contributed by atoms with E-state index in [2.05, 4.69) is 24.3 Å². The summed E-state index contributed by atoms with van der Waals surface area (Å²) < 4.78 is 0. The summed E-state index contributed by atoms with van der Waals surface area (Å²) in [5, 5.41) is 10.5. The molecule has 1 fully saturated rings. The van der Waals surface area contributed by atoms with Gasteiger partial charge in [0.25, 0.3) is 0 Å². The highest BCUT2D eigenvalue weighted by molar-refractivity contribution is 7.99. The van der Waals surface area contributed by atoms with Crippen molar-refractivity contribution in [3.8, 4) is 0 Å². The van der Waals surface area contributed by atoms with Gasteiger partial charge in [-0.15, -0.1) is 11.8 Å². The molecule has 0 heterocycles. The van der Waals surface area contributed by atoms with E-state index in [9.17, 15) is 5.11 Å². The summed E-state index contributed by atoms with van der Waals surface area (Å²) in [6, 6.07) is 8.40. The summed E-state index contributed by atoms with van der Waals surface area (Å²) in [5.41, 5.74) is 6.18. The molecule has 1 aromatic rings. The molecule has 104 valence electrons. The minimum atomic E-state index is -0.452. The number of thioether (sulfide) groups is 1. The predicted molar refractivity (Wildman–Crippen MR) is 83.3 cm³/mol. The average molecular weight is 277 g/mol. The minimum Gasteiger partial charge on any atom is -0.389 e. The zero-order valence-corrected chi connectivity index (χ0v) is 12.2. The lowest BCUT2D eigenvalue weighted by Crippen LogP contribution is -2.33. The van der Waals surface area contributed by atoms with Gasteiger partial charge in [0.1, 0.15) is 0 Å². The molecular formula is C16H23NOS. The third kappa shape index (κ3) is 4.68. The molecule has 2 nitrogen and oxygen atoms in total. The molecule has 0 saturated heterocycles. The Hall–Kier alpha value is -0.770. The molecule has 0 aliphatic heterocycles. The monoisotopic (exact) mass is 277 g/mol. The Morgan fingerprint density at radius 2 is 2.05 bits per heavy atom. The van der Waals surface area contributed by atoms with Crippen molar-refractivity contribution in [2.24, 2.45) is 5.73 Å². The number of hydrogen-bond acceptors (Lipinski definition) is 3. The zero-order valence-electron chi connectivity index (χ0n) is 11.3. The molecule has 0 aromatic heterocycles. The van der Waals surface area contributed by atoms with Gasteiger partial charge >= 0.3 is 0 Å². The second-order valence-corrected chi connectivity index (χ2v) is 6.33. The second-order valence-electron chi connectivity index (χ2n) is 5.28. The van der Waals surface area contributed by atoms with E-state index < -0.39 is 5.60 Å². The van der Waals surface area contributed by atoms with E-state index >= 15 is 0 Å². The average Bonchev–Trinajstić information content (AvgIpc) is 2.44. The summed E-state index contributed by atoms with van der Waals surface area (Å²) in [4.78, 5) is 1.22. The third-order valence-corrected chi connectivity index (χ3v) is 4.87. The Bertz CT molecular complexity index is 425. The molecule has 3 N–H and O–H groups in total. The molecule has 0 bridgehead atoms. The standard InChI is InChI=1S/C16H23NOS/c17-11-5-7-14-6-4-8-15(12-14)19-13-16(18)9-2-1-3-10-16/h4-8,12,18H,1-3,9-11,13,17H2/b7-5+. The van der Waals surface area contributed by atoms with E-state index in [-0.39, 0.29) is 0 Å². The van der Waals surface area contributed by atoms with Gasteiger partial charge in [-0.3, -0.25) is 0 Å². The molecule has 1 saturated carbocycles. The summed E-state index contributed by atoms with van der Waals surface area (Å²) in [5.74, 6) is 0.803. The van der Waals surface area contributed by atoms with Crippen LogP contribution in [0.4, 0.5) is 0 Å². The SMILES string of the molecule is NC/C=C/c1cccc(SCC2(O)CCCCC2)c1. The Morgan fingerprint density at radius 3 is 2.79 bits per heavy atom. The molecule has 3 heteroatoms. The van der Waals surface area contributed by atoms with Crippen LogP contribution in [0.25, 0.3) is 6.08 Å². The van der Waals surface area contributed by atoms with Crippen molar-refractivity contribution in [2.45, 2.75) is 42.6 Å². The van der Waals surface area contributed by atoms with Crippen LogP contribution in [0.2, 0.25) is 0 Å². The first-order chi connectivity index (χ1) is 9.22. The van der Waals surface area contributed by atoms with Crippen molar-refractivity contribution in [3.05, 3.63) is 35.9 Å². The maximum atomic E-state index is 10.5. The molecule has 0 atom stereocenters. The Kier molecular flexibility index (Phi) is 5.49. The molecule has 0 radical (unpaired) electrons. The Labute approximate surface area is 120 Å². The highest BCUT2D eigenvalue weighted by Crippen LogP contribution is 2.33. The van der Waals surface area contributed by atoms with Crippen molar-refractivity contribution >= 4 is 17.8 Å². The molecule has 1 aliphatic rings. The molecule has 1 aliphatic carbocycles. The smallest absolute Gasteiger partial charge is 0.0741 e. The van der Waals surface area contributed by atoms with Gasteiger partial charge in [-0.1, -0.05) is 43.5 Å². The normalized spacial score (nSPS) is 18.8. The second kappa shape index (κ2) is 7.13. The van der Waals surface area contributed by atoms with Crippen LogP contribution in [0.3, 0.4) is 0 Å². The lowest BCUT2D eigenvalue weighted by Gasteiger charge is -2.31. The summed E-state index contributed by atoms with van der Waals surface area (Å²) in [7, 11) is 0. The Balaban J connectivity index is 1.93. The van der Waals surface area contributed by atoms with Crippen LogP contribution in [0.15, 0.2) is 35.2 Å². The largest absolute Gasteiger partial charge is 0.389 e. The van der Waals surface area contributed by atoms with Gasteiger partial charge in [0, 0.05) is 17.2 Å². The summed E-state index contributed by atoms with van der Waals surface area (Å²) in [6.07, 6.45) is 9.50. The highest BCUT2D eigenvalue weighted by atomic mass is 32.2. The molecular weight excluding hydrogens is 254 g/mol. The molecule has 1 aromatic carbocycles. The number of nitrogens with two attached hydrogens (primary N) is 1. The molecule has 0 unspecified atom stereocenters. The first-order valence-electron chi connectivity index (χ1n) is 7.04. The fourth-order valence-corrected chi connectivity index (χ4v) is 3.60. The lowest BCUT2D eigenvalue weighted by molar-refractivity contribution is 0.0273. The van der Waals surface area contributed by atoms with Crippen molar-refractivity contribution < 1.29 is 5.11 Å².